The van der Waals surface area contributed by atoms with Crippen molar-refractivity contribution in [3.63, 3.8) is 0 Å². The summed E-state index contributed by atoms with van der Waals surface area (Å²) in [7, 11) is 1.47. The number of carbonyl (C=O) groups is 2. The fourth-order valence-corrected chi connectivity index (χ4v) is 2.35. The molecular formula is C21H21F2NO5. The molecule has 8 heteroatoms. The summed E-state index contributed by atoms with van der Waals surface area (Å²) in [6.45, 7) is 2.72. The lowest BCUT2D eigenvalue weighted by Crippen LogP contribution is -2.32. The molecule has 0 aliphatic rings. The molecule has 0 saturated carbocycles. The Labute approximate surface area is 167 Å². The van der Waals surface area contributed by atoms with Gasteiger partial charge in [-0.15, -0.1) is 0 Å². The van der Waals surface area contributed by atoms with Crippen molar-refractivity contribution in [1.29, 1.82) is 0 Å². The highest BCUT2D eigenvalue weighted by atomic mass is 19.1. The summed E-state index contributed by atoms with van der Waals surface area (Å²) < 4.78 is 42.3. The summed E-state index contributed by atoms with van der Waals surface area (Å²) in [6.07, 6.45) is 2.50. The number of nitrogens with one attached hydrogen (secondary N) is 1. The number of hydrogen-bond donors (Lipinski definition) is 1. The number of rotatable bonds is 8. The van der Waals surface area contributed by atoms with E-state index in [2.05, 4.69) is 5.32 Å². The molecule has 1 atom stereocenters. The van der Waals surface area contributed by atoms with E-state index in [-0.39, 0.29) is 5.69 Å². The van der Waals surface area contributed by atoms with Crippen molar-refractivity contribution in [3.8, 4) is 11.5 Å². The zero-order valence-corrected chi connectivity index (χ0v) is 16.2. The SMILES string of the molecule is C/C=C/c1ccc(OCC(=O)OC(C)C(=O)Nc2cc(F)ccc2F)c(OC)c1. The first-order valence-electron chi connectivity index (χ1n) is 8.73. The van der Waals surface area contributed by atoms with Crippen molar-refractivity contribution in [2.45, 2.75) is 20.0 Å². The summed E-state index contributed by atoms with van der Waals surface area (Å²) in [6, 6.07) is 7.80. The average Bonchev–Trinajstić information content (AvgIpc) is 2.69. The van der Waals surface area contributed by atoms with E-state index in [1.54, 1.807) is 18.2 Å². The van der Waals surface area contributed by atoms with Crippen LogP contribution in [-0.2, 0) is 14.3 Å². The van der Waals surface area contributed by atoms with Crippen LogP contribution in [0.5, 0.6) is 11.5 Å². The van der Waals surface area contributed by atoms with Gasteiger partial charge in [0.2, 0.25) is 0 Å². The van der Waals surface area contributed by atoms with Crippen LogP contribution in [0.3, 0.4) is 0 Å². The molecule has 0 aliphatic heterocycles. The third-order valence-electron chi connectivity index (χ3n) is 3.76. The van der Waals surface area contributed by atoms with Crippen LogP contribution in [0.2, 0.25) is 0 Å². The maximum absolute atomic E-state index is 13.6. The molecule has 0 heterocycles. The van der Waals surface area contributed by atoms with Gasteiger partial charge in [-0.05, 0) is 43.7 Å². The monoisotopic (exact) mass is 405 g/mol. The quantitative estimate of drug-likeness (QED) is 0.673. The second kappa shape index (κ2) is 10.2. The molecule has 0 aliphatic carbocycles. The number of esters is 1. The summed E-state index contributed by atoms with van der Waals surface area (Å²) in [5, 5.41) is 2.17. The second-order valence-corrected chi connectivity index (χ2v) is 5.94. The second-order valence-electron chi connectivity index (χ2n) is 5.94. The number of amides is 1. The first kappa shape index (κ1) is 21.9. The minimum Gasteiger partial charge on any atom is -0.493 e. The average molecular weight is 405 g/mol. The molecule has 0 aromatic heterocycles. The van der Waals surface area contributed by atoms with Gasteiger partial charge in [0.05, 0.1) is 12.8 Å². The number of benzene rings is 2. The lowest BCUT2D eigenvalue weighted by Gasteiger charge is -2.15. The van der Waals surface area contributed by atoms with Gasteiger partial charge in [0.15, 0.2) is 24.2 Å². The number of hydrogen-bond acceptors (Lipinski definition) is 5. The fourth-order valence-electron chi connectivity index (χ4n) is 2.35. The number of carbonyl (C=O) groups excluding carboxylic acids is 2. The third-order valence-corrected chi connectivity index (χ3v) is 3.76. The summed E-state index contributed by atoms with van der Waals surface area (Å²) >= 11 is 0. The van der Waals surface area contributed by atoms with E-state index in [4.69, 9.17) is 14.2 Å². The Morgan fingerprint density at radius 2 is 1.90 bits per heavy atom. The minimum atomic E-state index is -1.24. The first-order valence-corrected chi connectivity index (χ1v) is 8.73. The van der Waals surface area contributed by atoms with E-state index in [9.17, 15) is 18.4 Å². The summed E-state index contributed by atoms with van der Waals surface area (Å²) in [5.41, 5.74) is 0.550. The Balaban J connectivity index is 1.91. The third kappa shape index (κ3) is 6.31. The number of allylic oxidation sites excluding steroid dienone is 1. The number of anilines is 1. The zero-order chi connectivity index (χ0) is 21.4. The van der Waals surface area contributed by atoms with Gasteiger partial charge in [-0.3, -0.25) is 4.79 Å². The van der Waals surface area contributed by atoms with Gasteiger partial charge in [0.1, 0.15) is 11.6 Å². The molecule has 1 unspecified atom stereocenters. The van der Waals surface area contributed by atoms with Crippen molar-refractivity contribution in [3.05, 3.63) is 59.7 Å². The summed E-state index contributed by atoms with van der Waals surface area (Å²) in [4.78, 5) is 24.0. The molecule has 2 rings (SSSR count). The van der Waals surface area contributed by atoms with E-state index in [1.807, 2.05) is 19.1 Å². The van der Waals surface area contributed by atoms with Crippen molar-refractivity contribution < 1.29 is 32.6 Å². The maximum Gasteiger partial charge on any atom is 0.344 e. The van der Waals surface area contributed by atoms with Crippen LogP contribution < -0.4 is 14.8 Å². The maximum atomic E-state index is 13.6. The van der Waals surface area contributed by atoms with Crippen LogP contribution in [0.25, 0.3) is 6.08 Å². The molecule has 2 aromatic rings. The van der Waals surface area contributed by atoms with Crippen LogP contribution in [0, 0.1) is 11.6 Å². The van der Waals surface area contributed by atoms with E-state index < -0.39 is 36.2 Å². The van der Waals surface area contributed by atoms with Crippen LogP contribution >= 0.6 is 0 Å². The number of halogens is 2. The highest BCUT2D eigenvalue weighted by Crippen LogP contribution is 2.28. The Morgan fingerprint density at radius 1 is 1.14 bits per heavy atom. The molecule has 6 nitrogen and oxygen atoms in total. The van der Waals surface area contributed by atoms with E-state index in [0.717, 1.165) is 23.8 Å². The molecule has 0 saturated heterocycles. The fraction of sp³-hybridized carbons (Fsp3) is 0.238. The van der Waals surface area contributed by atoms with E-state index in [1.165, 1.54) is 14.0 Å². The molecule has 1 N–H and O–H groups in total. The van der Waals surface area contributed by atoms with Gasteiger partial charge in [0.25, 0.3) is 5.91 Å². The first-order chi connectivity index (χ1) is 13.8. The zero-order valence-electron chi connectivity index (χ0n) is 16.2. The van der Waals surface area contributed by atoms with E-state index in [0.29, 0.717) is 11.5 Å². The lowest BCUT2D eigenvalue weighted by molar-refractivity contribution is -0.155. The van der Waals surface area contributed by atoms with Crippen LogP contribution in [0.1, 0.15) is 19.4 Å². The lowest BCUT2D eigenvalue weighted by atomic mass is 10.2. The highest BCUT2D eigenvalue weighted by Gasteiger charge is 2.20. The molecule has 29 heavy (non-hydrogen) atoms. The Bertz CT molecular complexity index is 914. The molecule has 154 valence electrons. The Kier molecular flexibility index (Phi) is 7.70. The number of methoxy groups -OCH3 is 1. The van der Waals surface area contributed by atoms with Gasteiger partial charge in [-0.2, -0.15) is 0 Å². The van der Waals surface area contributed by atoms with Crippen molar-refractivity contribution in [2.75, 3.05) is 19.0 Å². The molecule has 0 bridgehead atoms. The van der Waals surface area contributed by atoms with Crippen LogP contribution in [0.4, 0.5) is 14.5 Å². The minimum absolute atomic E-state index is 0.330. The van der Waals surface area contributed by atoms with Gasteiger partial charge in [-0.1, -0.05) is 18.2 Å². The molecule has 0 spiro atoms. The Morgan fingerprint density at radius 3 is 2.59 bits per heavy atom. The highest BCUT2D eigenvalue weighted by molar-refractivity contribution is 5.95. The molecule has 0 radical (unpaired) electrons. The smallest absolute Gasteiger partial charge is 0.344 e. The molecular weight excluding hydrogens is 384 g/mol. The standard InChI is InChI=1S/C21H21F2NO5/c1-4-5-14-6-9-18(19(10-14)27-3)28-12-20(25)29-13(2)21(26)24-17-11-15(22)7-8-16(17)23/h4-11,13H,12H2,1-3H3,(H,24,26)/b5-4+. The normalized spacial score (nSPS) is 11.8. The van der Waals surface area contributed by atoms with Gasteiger partial charge in [-0.25, -0.2) is 13.6 Å². The van der Waals surface area contributed by atoms with Gasteiger partial charge in [0, 0.05) is 6.07 Å². The van der Waals surface area contributed by atoms with Crippen LogP contribution in [0.15, 0.2) is 42.5 Å². The topological polar surface area (TPSA) is 73.9 Å². The van der Waals surface area contributed by atoms with Crippen molar-refractivity contribution in [2.24, 2.45) is 0 Å². The molecule has 2 aromatic carbocycles. The van der Waals surface area contributed by atoms with Gasteiger partial charge >= 0.3 is 5.97 Å². The largest absolute Gasteiger partial charge is 0.493 e. The predicted molar refractivity (Wildman–Crippen MR) is 104 cm³/mol. The van der Waals surface area contributed by atoms with Crippen LogP contribution in [-0.4, -0.2) is 31.7 Å². The van der Waals surface area contributed by atoms with Crippen molar-refractivity contribution in [1.82, 2.24) is 0 Å². The van der Waals surface area contributed by atoms with Crippen molar-refractivity contribution >= 4 is 23.6 Å². The predicted octanol–water partition coefficient (Wildman–Crippen LogP) is 3.96. The molecule has 1 amide bonds. The van der Waals surface area contributed by atoms with Gasteiger partial charge < -0.3 is 19.5 Å². The Hall–Kier alpha value is -3.42. The number of ether oxygens (including phenoxy) is 3. The van der Waals surface area contributed by atoms with E-state index >= 15 is 0 Å². The summed E-state index contributed by atoms with van der Waals surface area (Å²) in [5.74, 6) is -2.38. The molecule has 0 fully saturated rings.